The van der Waals surface area contributed by atoms with E-state index in [0.29, 0.717) is 12.3 Å². The fourth-order valence-corrected chi connectivity index (χ4v) is 2.76. The highest BCUT2D eigenvalue weighted by molar-refractivity contribution is 5.91. The summed E-state index contributed by atoms with van der Waals surface area (Å²) in [4.78, 5) is 26.3. The third-order valence-electron chi connectivity index (χ3n) is 4.33. The number of benzene rings is 2. The van der Waals surface area contributed by atoms with Gasteiger partial charge in [-0.25, -0.2) is 4.68 Å². The Morgan fingerprint density at radius 1 is 1.00 bits per heavy atom. The molecule has 0 aliphatic rings. The van der Waals surface area contributed by atoms with Crippen LogP contribution in [0.15, 0.2) is 71.5 Å². The van der Waals surface area contributed by atoms with E-state index in [1.807, 2.05) is 54.6 Å². The minimum Gasteiger partial charge on any atom is -0.497 e. The van der Waals surface area contributed by atoms with Crippen LogP contribution in [0, 0.1) is 0 Å². The largest absolute Gasteiger partial charge is 0.497 e. The highest BCUT2D eigenvalue weighted by atomic mass is 16.5. The minimum atomic E-state index is -0.281. The van der Waals surface area contributed by atoms with Gasteiger partial charge in [-0.2, -0.15) is 5.10 Å². The Kier molecular flexibility index (Phi) is 6.63. The summed E-state index contributed by atoms with van der Waals surface area (Å²) in [5.41, 5.74) is 0.891. The van der Waals surface area contributed by atoms with Crippen LogP contribution in [-0.4, -0.2) is 41.4 Å². The van der Waals surface area contributed by atoms with Crippen molar-refractivity contribution in [3.8, 4) is 11.5 Å². The van der Waals surface area contributed by atoms with Crippen molar-refractivity contribution in [2.75, 3.05) is 20.8 Å². The average Bonchev–Trinajstić information content (AvgIpc) is 2.76. The van der Waals surface area contributed by atoms with Gasteiger partial charge in [0.2, 0.25) is 0 Å². The van der Waals surface area contributed by atoms with E-state index < -0.39 is 0 Å². The van der Waals surface area contributed by atoms with Crippen LogP contribution in [0.5, 0.6) is 11.5 Å². The van der Waals surface area contributed by atoms with Crippen molar-refractivity contribution in [2.45, 2.75) is 13.1 Å². The monoisotopic (exact) mass is 393 g/mol. The lowest BCUT2D eigenvalue weighted by molar-refractivity contribution is 0.0776. The zero-order valence-corrected chi connectivity index (χ0v) is 16.4. The van der Waals surface area contributed by atoms with Gasteiger partial charge in [0.05, 0.1) is 13.7 Å². The van der Waals surface area contributed by atoms with Gasteiger partial charge in [0.1, 0.15) is 23.8 Å². The number of para-hydroxylation sites is 1. The van der Waals surface area contributed by atoms with Gasteiger partial charge >= 0.3 is 0 Å². The maximum absolute atomic E-state index is 12.7. The van der Waals surface area contributed by atoms with E-state index in [9.17, 15) is 9.59 Å². The van der Waals surface area contributed by atoms with Crippen molar-refractivity contribution in [1.82, 2.24) is 14.7 Å². The summed E-state index contributed by atoms with van der Waals surface area (Å²) < 4.78 is 12.0. The number of methoxy groups -OCH3 is 1. The first-order chi connectivity index (χ1) is 14.1. The van der Waals surface area contributed by atoms with Crippen molar-refractivity contribution in [2.24, 2.45) is 0 Å². The smallest absolute Gasteiger partial charge is 0.274 e. The van der Waals surface area contributed by atoms with Gasteiger partial charge < -0.3 is 14.4 Å². The Bertz CT molecular complexity index is 1000. The van der Waals surface area contributed by atoms with Crippen LogP contribution in [0.4, 0.5) is 0 Å². The van der Waals surface area contributed by atoms with Crippen LogP contribution in [0.3, 0.4) is 0 Å². The van der Waals surface area contributed by atoms with Crippen molar-refractivity contribution in [1.29, 1.82) is 0 Å². The topological polar surface area (TPSA) is 73.7 Å². The van der Waals surface area contributed by atoms with Gasteiger partial charge in [-0.15, -0.1) is 0 Å². The van der Waals surface area contributed by atoms with E-state index in [2.05, 4.69) is 5.10 Å². The first-order valence-corrected chi connectivity index (χ1v) is 9.21. The zero-order chi connectivity index (χ0) is 20.6. The van der Waals surface area contributed by atoms with Gasteiger partial charge in [-0.3, -0.25) is 9.59 Å². The summed E-state index contributed by atoms with van der Waals surface area (Å²) in [6.45, 7) is 0.939. The molecule has 0 bridgehead atoms. The molecule has 1 aromatic heterocycles. The van der Waals surface area contributed by atoms with Crippen LogP contribution >= 0.6 is 0 Å². The first-order valence-electron chi connectivity index (χ1n) is 9.21. The molecule has 0 aliphatic heterocycles. The molecular formula is C22H23N3O4. The Balaban J connectivity index is 1.63. The summed E-state index contributed by atoms with van der Waals surface area (Å²) in [6, 6.07) is 19.6. The second kappa shape index (κ2) is 9.54. The summed E-state index contributed by atoms with van der Waals surface area (Å²) in [6.07, 6.45) is 0. The number of carbonyl (C=O) groups excluding carboxylic acids is 1. The Hall–Kier alpha value is -3.61. The van der Waals surface area contributed by atoms with Gasteiger partial charge in [0, 0.05) is 19.7 Å². The number of nitrogens with zero attached hydrogens (tertiary/aromatic N) is 3. The fourth-order valence-electron chi connectivity index (χ4n) is 2.76. The van der Waals surface area contributed by atoms with Crippen molar-refractivity contribution >= 4 is 5.91 Å². The normalized spacial score (nSPS) is 10.4. The molecule has 150 valence electrons. The standard InChI is InChI=1S/C22H23N3O4/c1-24(16-17-8-10-18(28-2)11-9-17)22(27)20-12-13-21(26)25(23-20)14-15-29-19-6-4-3-5-7-19/h3-13H,14-16H2,1-2H3. The number of aromatic nitrogens is 2. The Morgan fingerprint density at radius 2 is 1.72 bits per heavy atom. The minimum absolute atomic E-state index is 0.209. The molecule has 0 N–H and O–H groups in total. The van der Waals surface area contributed by atoms with Crippen LogP contribution in [-0.2, 0) is 13.1 Å². The molecule has 0 aliphatic carbocycles. The fraction of sp³-hybridized carbons (Fsp3) is 0.227. The number of rotatable bonds is 8. The molecule has 0 radical (unpaired) electrons. The lowest BCUT2D eigenvalue weighted by Gasteiger charge is -2.17. The average molecular weight is 393 g/mol. The molecule has 1 amide bonds. The lowest BCUT2D eigenvalue weighted by atomic mass is 10.2. The maximum Gasteiger partial charge on any atom is 0.274 e. The molecule has 2 aromatic carbocycles. The van der Waals surface area contributed by atoms with Crippen LogP contribution < -0.4 is 15.0 Å². The highest BCUT2D eigenvalue weighted by Gasteiger charge is 2.15. The predicted molar refractivity (Wildman–Crippen MR) is 109 cm³/mol. The third-order valence-corrected chi connectivity index (χ3v) is 4.33. The molecule has 1 heterocycles. The zero-order valence-electron chi connectivity index (χ0n) is 16.4. The van der Waals surface area contributed by atoms with Crippen LogP contribution in [0.1, 0.15) is 16.1 Å². The molecule has 0 saturated heterocycles. The molecule has 0 fully saturated rings. The van der Waals surface area contributed by atoms with Crippen LogP contribution in [0.25, 0.3) is 0 Å². The van der Waals surface area contributed by atoms with Gasteiger partial charge in [0.25, 0.3) is 11.5 Å². The molecule has 0 unspecified atom stereocenters. The molecule has 29 heavy (non-hydrogen) atoms. The van der Waals surface area contributed by atoms with E-state index in [1.165, 1.54) is 16.8 Å². The van der Waals surface area contributed by atoms with Crippen molar-refractivity contribution in [3.05, 3.63) is 88.3 Å². The predicted octanol–water partition coefficient (Wildman–Crippen LogP) is 2.60. The van der Waals surface area contributed by atoms with E-state index in [1.54, 1.807) is 19.1 Å². The third kappa shape index (κ3) is 5.44. The SMILES string of the molecule is COc1ccc(CN(C)C(=O)c2ccc(=O)n(CCOc3ccccc3)n2)cc1. The second-order valence-electron chi connectivity index (χ2n) is 6.45. The molecule has 7 nitrogen and oxygen atoms in total. The number of ether oxygens (including phenoxy) is 2. The number of amides is 1. The summed E-state index contributed by atoms with van der Waals surface area (Å²) >= 11 is 0. The molecule has 0 spiro atoms. The summed E-state index contributed by atoms with van der Waals surface area (Å²) in [7, 11) is 3.30. The molecular weight excluding hydrogens is 370 g/mol. The highest BCUT2D eigenvalue weighted by Crippen LogP contribution is 2.13. The van der Waals surface area contributed by atoms with Gasteiger partial charge in [-0.05, 0) is 35.9 Å². The van der Waals surface area contributed by atoms with E-state index in [4.69, 9.17) is 9.47 Å². The summed E-state index contributed by atoms with van der Waals surface area (Å²) in [5, 5.41) is 4.21. The number of carbonyl (C=O) groups is 1. The molecule has 0 saturated carbocycles. The second-order valence-corrected chi connectivity index (χ2v) is 6.45. The van der Waals surface area contributed by atoms with Crippen molar-refractivity contribution in [3.63, 3.8) is 0 Å². The van der Waals surface area contributed by atoms with E-state index in [-0.39, 0.29) is 30.3 Å². The number of hydrogen-bond donors (Lipinski definition) is 0. The molecule has 7 heteroatoms. The molecule has 3 aromatic rings. The Morgan fingerprint density at radius 3 is 2.41 bits per heavy atom. The Labute approximate surface area is 169 Å². The maximum atomic E-state index is 12.7. The van der Waals surface area contributed by atoms with Gasteiger partial charge in [-0.1, -0.05) is 30.3 Å². The van der Waals surface area contributed by atoms with Gasteiger partial charge in [0.15, 0.2) is 0 Å². The summed E-state index contributed by atoms with van der Waals surface area (Å²) in [5.74, 6) is 1.21. The molecule has 3 rings (SSSR count). The van der Waals surface area contributed by atoms with Crippen LogP contribution in [0.2, 0.25) is 0 Å². The first kappa shape index (κ1) is 20.1. The van der Waals surface area contributed by atoms with E-state index >= 15 is 0 Å². The number of hydrogen-bond acceptors (Lipinski definition) is 5. The van der Waals surface area contributed by atoms with E-state index in [0.717, 1.165) is 11.3 Å². The van der Waals surface area contributed by atoms with Crippen molar-refractivity contribution < 1.29 is 14.3 Å². The lowest BCUT2D eigenvalue weighted by Crippen LogP contribution is -2.31. The molecule has 0 atom stereocenters. The quantitative estimate of drug-likeness (QED) is 0.588.